The van der Waals surface area contributed by atoms with Gasteiger partial charge in [-0.3, -0.25) is 0 Å². The fourth-order valence-electron chi connectivity index (χ4n) is 1.63. The Bertz CT molecular complexity index is 365. The molecule has 0 bridgehead atoms. The first-order valence-corrected chi connectivity index (χ1v) is 5.79. The molecule has 0 amide bonds. The summed E-state index contributed by atoms with van der Waals surface area (Å²) in [7, 11) is 0. The Morgan fingerprint density at radius 2 is 1.75 bits per heavy atom. The Kier molecular flexibility index (Phi) is 4.92. The Balaban J connectivity index is 2.59. The van der Waals surface area contributed by atoms with Crippen molar-refractivity contribution in [2.75, 3.05) is 0 Å². The Hall–Kier alpha value is -1.42. The summed E-state index contributed by atoms with van der Waals surface area (Å²) in [4.78, 5) is 0. The van der Waals surface area contributed by atoms with Gasteiger partial charge in [-0.05, 0) is 44.9 Å². The van der Waals surface area contributed by atoms with Crippen LogP contribution in [0.4, 0.5) is 0 Å². The Labute approximate surface area is 98.8 Å². The van der Waals surface area contributed by atoms with Crippen LogP contribution in [-0.2, 0) is 6.42 Å². The Morgan fingerprint density at radius 1 is 1.12 bits per heavy atom. The third kappa shape index (κ3) is 4.40. The lowest BCUT2D eigenvalue weighted by Gasteiger charge is -2.10. The van der Waals surface area contributed by atoms with E-state index in [-0.39, 0.29) is 6.10 Å². The highest BCUT2D eigenvalue weighted by Crippen LogP contribution is 2.16. The highest BCUT2D eigenvalue weighted by Gasteiger charge is 2.01. The minimum Gasteiger partial charge on any atom is -0.491 e. The van der Waals surface area contributed by atoms with E-state index in [1.165, 1.54) is 5.56 Å². The molecule has 1 rings (SSSR count). The van der Waals surface area contributed by atoms with Crippen molar-refractivity contribution in [2.24, 2.45) is 5.92 Å². The van der Waals surface area contributed by atoms with Gasteiger partial charge in [0, 0.05) is 5.92 Å². The number of benzene rings is 1. The lowest BCUT2D eigenvalue weighted by atomic mass is 10.0. The zero-order valence-corrected chi connectivity index (χ0v) is 10.6. The molecular weight excluding hydrogens is 196 g/mol. The molecule has 0 aliphatic rings. The van der Waals surface area contributed by atoms with Crippen LogP contribution in [0.1, 0.15) is 33.3 Å². The molecular formula is C15H20O. The van der Waals surface area contributed by atoms with Crippen LogP contribution < -0.4 is 4.74 Å². The monoisotopic (exact) mass is 216 g/mol. The first-order valence-electron chi connectivity index (χ1n) is 5.79. The maximum Gasteiger partial charge on any atom is 0.119 e. The number of ether oxygens (including phenoxy) is 1. The van der Waals surface area contributed by atoms with E-state index in [1.54, 1.807) is 0 Å². The van der Waals surface area contributed by atoms with E-state index >= 15 is 0 Å². The molecule has 0 saturated carbocycles. The zero-order chi connectivity index (χ0) is 12.0. The number of hydrogen-bond acceptors (Lipinski definition) is 1. The van der Waals surface area contributed by atoms with Gasteiger partial charge in [-0.2, -0.15) is 0 Å². The van der Waals surface area contributed by atoms with E-state index in [0.29, 0.717) is 5.92 Å². The normalized spacial score (nSPS) is 11.8. The minimum absolute atomic E-state index is 0.232. The average Bonchev–Trinajstić information content (AvgIpc) is 2.20. The average molecular weight is 216 g/mol. The van der Waals surface area contributed by atoms with Gasteiger partial charge in [0.2, 0.25) is 0 Å². The second kappa shape index (κ2) is 6.23. The van der Waals surface area contributed by atoms with Crippen molar-refractivity contribution in [1.82, 2.24) is 0 Å². The zero-order valence-electron chi connectivity index (χ0n) is 10.6. The van der Waals surface area contributed by atoms with Crippen LogP contribution in [0, 0.1) is 17.8 Å². The highest BCUT2D eigenvalue weighted by molar-refractivity contribution is 5.28. The largest absolute Gasteiger partial charge is 0.491 e. The molecule has 1 unspecified atom stereocenters. The molecule has 1 atom stereocenters. The van der Waals surface area contributed by atoms with Gasteiger partial charge in [0.15, 0.2) is 0 Å². The SMILES string of the molecule is CC#CC(C)Cc1ccc(OC(C)C)cc1. The molecule has 16 heavy (non-hydrogen) atoms. The van der Waals surface area contributed by atoms with Crippen LogP contribution in [0.5, 0.6) is 5.75 Å². The van der Waals surface area contributed by atoms with Crippen molar-refractivity contribution in [3.05, 3.63) is 29.8 Å². The topological polar surface area (TPSA) is 9.23 Å². The van der Waals surface area contributed by atoms with Crippen LogP contribution in [-0.4, -0.2) is 6.10 Å². The third-order valence-electron chi connectivity index (χ3n) is 2.23. The predicted molar refractivity (Wildman–Crippen MR) is 68.5 cm³/mol. The van der Waals surface area contributed by atoms with Crippen LogP contribution >= 0.6 is 0 Å². The first-order chi connectivity index (χ1) is 7.61. The molecule has 0 saturated heterocycles. The van der Waals surface area contributed by atoms with Crippen molar-refractivity contribution < 1.29 is 4.74 Å². The molecule has 0 aliphatic heterocycles. The summed E-state index contributed by atoms with van der Waals surface area (Å²) in [5.41, 5.74) is 1.31. The minimum atomic E-state index is 0.232. The molecule has 0 spiro atoms. The predicted octanol–water partition coefficient (Wildman–Crippen LogP) is 3.68. The first kappa shape index (κ1) is 12.6. The van der Waals surface area contributed by atoms with Gasteiger partial charge in [0.1, 0.15) is 5.75 Å². The van der Waals surface area contributed by atoms with E-state index < -0.39 is 0 Å². The van der Waals surface area contributed by atoms with Gasteiger partial charge < -0.3 is 4.74 Å². The Morgan fingerprint density at radius 3 is 2.25 bits per heavy atom. The summed E-state index contributed by atoms with van der Waals surface area (Å²) in [6.07, 6.45) is 1.23. The van der Waals surface area contributed by atoms with Crippen LogP contribution in [0.3, 0.4) is 0 Å². The summed E-state index contributed by atoms with van der Waals surface area (Å²) in [5.74, 6) is 7.47. The smallest absolute Gasteiger partial charge is 0.119 e. The van der Waals surface area contributed by atoms with E-state index in [9.17, 15) is 0 Å². The van der Waals surface area contributed by atoms with E-state index in [0.717, 1.165) is 12.2 Å². The molecule has 1 aromatic rings. The maximum absolute atomic E-state index is 5.59. The highest BCUT2D eigenvalue weighted by atomic mass is 16.5. The molecule has 0 aromatic heterocycles. The summed E-state index contributed by atoms with van der Waals surface area (Å²) >= 11 is 0. The van der Waals surface area contributed by atoms with E-state index in [2.05, 4.69) is 30.9 Å². The summed E-state index contributed by atoms with van der Waals surface area (Å²) in [6.45, 7) is 8.10. The summed E-state index contributed by atoms with van der Waals surface area (Å²) in [5, 5.41) is 0. The van der Waals surface area contributed by atoms with E-state index in [1.807, 2.05) is 32.9 Å². The fourth-order valence-corrected chi connectivity index (χ4v) is 1.63. The van der Waals surface area contributed by atoms with Gasteiger partial charge in [0.05, 0.1) is 6.10 Å². The third-order valence-corrected chi connectivity index (χ3v) is 2.23. The molecule has 86 valence electrons. The van der Waals surface area contributed by atoms with E-state index in [4.69, 9.17) is 4.74 Å². The van der Waals surface area contributed by atoms with Crippen LogP contribution in [0.15, 0.2) is 24.3 Å². The molecule has 0 radical (unpaired) electrons. The molecule has 1 aromatic carbocycles. The molecule has 0 heterocycles. The summed E-state index contributed by atoms with van der Waals surface area (Å²) < 4.78 is 5.59. The lowest BCUT2D eigenvalue weighted by Crippen LogP contribution is -2.05. The molecule has 0 aliphatic carbocycles. The standard InChI is InChI=1S/C15H20O/c1-5-6-13(4)11-14-7-9-15(10-8-14)16-12(2)3/h7-10,12-13H,11H2,1-4H3. The van der Waals surface area contributed by atoms with Gasteiger partial charge in [-0.25, -0.2) is 0 Å². The van der Waals surface area contributed by atoms with Gasteiger partial charge in [-0.15, -0.1) is 11.8 Å². The van der Waals surface area contributed by atoms with Crippen molar-refractivity contribution in [3.63, 3.8) is 0 Å². The second-order valence-corrected chi connectivity index (χ2v) is 4.31. The van der Waals surface area contributed by atoms with Crippen LogP contribution in [0.25, 0.3) is 0 Å². The van der Waals surface area contributed by atoms with Crippen molar-refractivity contribution in [1.29, 1.82) is 0 Å². The van der Waals surface area contributed by atoms with Crippen molar-refractivity contribution >= 4 is 0 Å². The fraction of sp³-hybridized carbons (Fsp3) is 0.467. The molecule has 1 heteroatoms. The van der Waals surface area contributed by atoms with Gasteiger partial charge in [-0.1, -0.05) is 19.1 Å². The molecule has 0 fully saturated rings. The molecule has 0 N–H and O–H groups in total. The summed E-state index contributed by atoms with van der Waals surface area (Å²) in [6, 6.07) is 8.29. The lowest BCUT2D eigenvalue weighted by molar-refractivity contribution is 0.242. The maximum atomic E-state index is 5.59. The second-order valence-electron chi connectivity index (χ2n) is 4.31. The number of rotatable bonds is 4. The van der Waals surface area contributed by atoms with Crippen molar-refractivity contribution in [3.8, 4) is 17.6 Å². The van der Waals surface area contributed by atoms with Gasteiger partial charge >= 0.3 is 0 Å². The molecule has 1 nitrogen and oxygen atoms in total. The number of hydrogen-bond donors (Lipinski definition) is 0. The van der Waals surface area contributed by atoms with Crippen LogP contribution in [0.2, 0.25) is 0 Å². The quantitative estimate of drug-likeness (QED) is 0.698. The van der Waals surface area contributed by atoms with Gasteiger partial charge in [0.25, 0.3) is 0 Å². The van der Waals surface area contributed by atoms with Crippen molar-refractivity contribution in [2.45, 2.75) is 40.2 Å².